The van der Waals surface area contributed by atoms with E-state index in [1.54, 1.807) is 24.3 Å². The van der Waals surface area contributed by atoms with Crippen LogP contribution in [0.3, 0.4) is 0 Å². The second-order valence-corrected chi connectivity index (χ2v) is 11.1. The Bertz CT molecular complexity index is 1880. The number of ether oxygens (including phenoxy) is 1. The lowest BCUT2D eigenvalue weighted by atomic mass is 10.0. The van der Waals surface area contributed by atoms with Crippen molar-refractivity contribution >= 4 is 67.7 Å². The number of carbonyl (C=O) groups is 3. The molecule has 1 amide bonds. The van der Waals surface area contributed by atoms with E-state index in [0.717, 1.165) is 23.3 Å². The highest BCUT2D eigenvalue weighted by Gasteiger charge is 2.24. The van der Waals surface area contributed by atoms with Crippen LogP contribution in [0.25, 0.3) is 11.1 Å². The van der Waals surface area contributed by atoms with Gasteiger partial charge in [-0.25, -0.2) is 0 Å². The predicted molar refractivity (Wildman–Crippen MR) is 182 cm³/mol. The van der Waals surface area contributed by atoms with E-state index in [4.69, 9.17) is 4.74 Å². The molecule has 0 heterocycles. The molecule has 0 bridgehead atoms. The molecule has 48 heavy (non-hydrogen) atoms. The topological polar surface area (TPSA) is 187 Å². The molecular formula is C33H29BrN6O8. The Hall–Kier alpha value is -5.83. The van der Waals surface area contributed by atoms with Gasteiger partial charge in [-0.3, -0.25) is 34.6 Å². The van der Waals surface area contributed by atoms with Gasteiger partial charge in [0, 0.05) is 37.3 Å². The van der Waals surface area contributed by atoms with E-state index in [1.165, 1.54) is 13.0 Å². The van der Waals surface area contributed by atoms with Crippen molar-refractivity contribution in [2.24, 2.45) is 10.2 Å². The summed E-state index contributed by atoms with van der Waals surface area (Å²) < 4.78 is 5.22. The van der Waals surface area contributed by atoms with Crippen molar-refractivity contribution < 1.29 is 29.0 Å². The van der Waals surface area contributed by atoms with Crippen molar-refractivity contribution in [2.75, 3.05) is 29.9 Å². The first-order valence-electron chi connectivity index (χ1n) is 14.5. The van der Waals surface area contributed by atoms with Crippen LogP contribution < -0.4 is 10.2 Å². The van der Waals surface area contributed by atoms with Crippen LogP contribution >= 0.6 is 15.9 Å². The molecule has 0 spiro atoms. The van der Waals surface area contributed by atoms with E-state index < -0.39 is 39.7 Å². The minimum atomic E-state index is -0.812. The van der Waals surface area contributed by atoms with Gasteiger partial charge in [0.1, 0.15) is 5.69 Å². The maximum Gasteiger partial charge on any atom is 0.308 e. The van der Waals surface area contributed by atoms with Crippen LogP contribution in [0.5, 0.6) is 0 Å². The summed E-state index contributed by atoms with van der Waals surface area (Å²) in [4.78, 5) is 60.1. The third kappa shape index (κ3) is 9.13. The lowest BCUT2D eigenvalue weighted by Gasteiger charge is -2.23. The number of hydrogen-bond acceptors (Lipinski definition) is 11. The fourth-order valence-corrected chi connectivity index (χ4v) is 5.11. The van der Waals surface area contributed by atoms with Crippen LogP contribution in [-0.4, -0.2) is 47.2 Å². The van der Waals surface area contributed by atoms with Gasteiger partial charge in [-0.05, 0) is 52.2 Å². The SMILES string of the molecule is CCN(CCC(=O)OCC(=O)c1ccc(-c2ccccc2)cc1)c1ccc(/N=N/c2c(Br)cc([N+](=O)[O-])cc2[N+](=O)[O-])c(NC(C)=O)c1. The minimum absolute atomic E-state index is 0.0171. The van der Waals surface area contributed by atoms with E-state index in [-0.39, 0.29) is 40.3 Å². The number of halogens is 1. The molecule has 0 aromatic heterocycles. The number of carbonyl (C=O) groups excluding carboxylic acids is 3. The van der Waals surface area contributed by atoms with Gasteiger partial charge in [0.25, 0.3) is 5.69 Å². The molecule has 15 heteroatoms. The van der Waals surface area contributed by atoms with Crippen molar-refractivity contribution in [1.82, 2.24) is 0 Å². The molecule has 4 rings (SSSR count). The standard InChI is InChI=1S/C33H29BrN6O8/c1-3-38(16-15-32(43)48-20-31(42)24-11-9-23(10-12-24)22-7-5-4-6-8-22)25-13-14-28(29(18-25)35-21(2)41)36-37-33-27(34)17-26(39(44)45)19-30(33)40(46)47/h4-14,17-19H,3,15-16,20H2,1-2H3,(H,35,41)/b37-36+. The Morgan fingerprint density at radius 2 is 1.58 bits per heavy atom. The predicted octanol–water partition coefficient (Wildman–Crippen LogP) is 7.95. The van der Waals surface area contributed by atoms with Crippen LogP contribution in [0.1, 0.15) is 30.6 Å². The zero-order valence-corrected chi connectivity index (χ0v) is 27.4. The second kappa shape index (κ2) is 16.1. The monoisotopic (exact) mass is 716 g/mol. The number of non-ortho nitro benzene ring substituents is 1. The number of rotatable bonds is 14. The lowest BCUT2D eigenvalue weighted by molar-refractivity contribution is -0.393. The highest BCUT2D eigenvalue weighted by Crippen LogP contribution is 2.41. The number of nitro groups is 2. The van der Waals surface area contributed by atoms with Gasteiger partial charge in [0.2, 0.25) is 5.91 Å². The molecule has 0 unspecified atom stereocenters. The van der Waals surface area contributed by atoms with Crippen molar-refractivity contribution in [3.05, 3.63) is 115 Å². The van der Waals surface area contributed by atoms with Crippen LogP contribution in [-0.2, 0) is 14.3 Å². The van der Waals surface area contributed by atoms with Gasteiger partial charge in [-0.15, -0.1) is 10.2 Å². The van der Waals surface area contributed by atoms with Crippen LogP contribution in [0.15, 0.2) is 99.6 Å². The summed E-state index contributed by atoms with van der Waals surface area (Å²) in [6, 6.07) is 23.4. The number of nitro benzene ring substituents is 2. The molecule has 0 saturated carbocycles. The average molecular weight is 718 g/mol. The van der Waals surface area contributed by atoms with E-state index in [1.807, 2.05) is 54.3 Å². The Balaban J connectivity index is 1.42. The molecule has 0 aliphatic rings. The van der Waals surface area contributed by atoms with E-state index >= 15 is 0 Å². The number of amides is 1. The molecule has 0 saturated heterocycles. The minimum Gasteiger partial charge on any atom is -0.457 e. The van der Waals surface area contributed by atoms with Gasteiger partial charge in [-0.1, -0.05) is 54.6 Å². The van der Waals surface area contributed by atoms with Gasteiger partial charge < -0.3 is 15.0 Å². The number of hydrogen-bond donors (Lipinski definition) is 1. The van der Waals surface area contributed by atoms with Crippen LogP contribution in [0.2, 0.25) is 0 Å². The lowest BCUT2D eigenvalue weighted by Crippen LogP contribution is -2.27. The zero-order chi connectivity index (χ0) is 34.8. The quantitative estimate of drug-likeness (QED) is 0.0444. The Morgan fingerprint density at radius 1 is 0.896 bits per heavy atom. The molecule has 0 fully saturated rings. The number of nitrogens with one attached hydrogen (secondary N) is 1. The second-order valence-electron chi connectivity index (χ2n) is 10.2. The van der Waals surface area contributed by atoms with E-state index in [2.05, 4.69) is 31.5 Å². The molecule has 0 radical (unpaired) electrons. The van der Waals surface area contributed by atoms with Gasteiger partial charge in [0.05, 0.1) is 32.5 Å². The number of nitrogens with zero attached hydrogens (tertiary/aromatic N) is 5. The van der Waals surface area contributed by atoms with Crippen molar-refractivity contribution in [3.63, 3.8) is 0 Å². The number of azo groups is 1. The number of esters is 1. The fourth-order valence-electron chi connectivity index (χ4n) is 4.59. The van der Waals surface area contributed by atoms with Crippen LogP contribution in [0.4, 0.5) is 34.1 Å². The summed E-state index contributed by atoms with van der Waals surface area (Å²) in [5.74, 6) is -1.31. The van der Waals surface area contributed by atoms with Gasteiger partial charge in [0.15, 0.2) is 18.1 Å². The molecule has 4 aromatic rings. The first-order chi connectivity index (χ1) is 23.0. The number of ketones is 1. The highest BCUT2D eigenvalue weighted by atomic mass is 79.9. The Kier molecular flexibility index (Phi) is 11.8. The number of Topliss-reactive ketones (excluding diaryl/α,β-unsaturated/α-hetero) is 1. The first kappa shape index (κ1) is 35.0. The summed E-state index contributed by atoms with van der Waals surface area (Å²) in [5.41, 5.74) is 2.02. The molecular weight excluding hydrogens is 688 g/mol. The molecule has 0 aliphatic carbocycles. The number of anilines is 2. The molecule has 4 aromatic carbocycles. The molecule has 14 nitrogen and oxygen atoms in total. The van der Waals surface area contributed by atoms with Crippen molar-refractivity contribution in [2.45, 2.75) is 20.3 Å². The van der Waals surface area contributed by atoms with E-state index in [9.17, 15) is 34.6 Å². The largest absolute Gasteiger partial charge is 0.457 e. The highest BCUT2D eigenvalue weighted by molar-refractivity contribution is 9.10. The maximum absolute atomic E-state index is 12.6. The van der Waals surface area contributed by atoms with Gasteiger partial charge in [-0.2, -0.15) is 0 Å². The van der Waals surface area contributed by atoms with Crippen molar-refractivity contribution in [1.29, 1.82) is 0 Å². The molecule has 1 N–H and O–H groups in total. The molecule has 0 aliphatic heterocycles. The zero-order valence-electron chi connectivity index (χ0n) is 25.8. The Labute approximate surface area is 282 Å². The third-order valence-corrected chi connectivity index (χ3v) is 7.60. The average Bonchev–Trinajstić information content (AvgIpc) is 3.07. The normalized spacial score (nSPS) is 10.8. The molecule has 0 atom stereocenters. The first-order valence-corrected chi connectivity index (χ1v) is 15.3. The maximum atomic E-state index is 12.6. The summed E-state index contributed by atoms with van der Waals surface area (Å²) in [7, 11) is 0. The molecule has 246 valence electrons. The summed E-state index contributed by atoms with van der Waals surface area (Å²) in [5, 5.41) is 33.4. The fraction of sp³-hybridized carbons (Fsp3) is 0.182. The summed E-state index contributed by atoms with van der Waals surface area (Å²) >= 11 is 3.08. The van der Waals surface area contributed by atoms with E-state index in [0.29, 0.717) is 17.8 Å². The van der Waals surface area contributed by atoms with Crippen LogP contribution in [0, 0.1) is 20.2 Å². The smallest absolute Gasteiger partial charge is 0.308 e. The van der Waals surface area contributed by atoms with Gasteiger partial charge >= 0.3 is 11.7 Å². The summed E-state index contributed by atoms with van der Waals surface area (Å²) in [6.07, 6.45) is -0.0250. The summed E-state index contributed by atoms with van der Waals surface area (Å²) in [6.45, 7) is 3.47. The number of benzene rings is 4. The third-order valence-electron chi connectivity index (χ3n) is 7.00. The Morgan fingerprint density at radius 3 is 2.21 bits per heavy atom. The van der Waals surface area contributed by atoms with Crippen molar-refractivity contribution in [3.8, 4) is 11.1 Å².